The fourth-order valence-electron chi connectivity index (χ4n) is 6.67. The van der Waals surface area contributed by atoms with Crippen molar-refractivity contribution in [1.82, 2.24) is 20.5 Å². The average Bonchev–Trinajstić information content (AvgIpc) is 3.43. The summed E-state index contributed by atoms with van der Waals surface area (Å²) in [6.45, 7) is 0.662. The van der Waals surface area contributed by atoms with Gasteiger partial charge in [0, 0.05) is 18.0 Å². The van der Waals surface area contributed by atoms with Crippen LogP contribution in [-0.2, 0) is 0 Å². The van der Waals surface area contributed by atoms with E-state index in [1.165, 1.54) is 0 Å². The highest BCUT2D eigenvalue weighted by Gasteiger charge is 2.79. The Morgan fingerprint density at radius 2 is 1.97 bits per heavy atom. The third-order valence-corrected chi connectivity index (χ3v) is 10.3. The first-order valence-corrected chi connectivity index (χ1v) is 11.8. The second-order valence-corrected chi connectivity index (χ2v) is 10.8. The van der Waals surface area contributed by atoms with Gasteiger partial charge in [-0.2, -0.15) is 0 Å². The Hall–Kier alpha value is -1.54. The summed E-state index contributed by atoms with van der Waals surface area (Å²) in [6, 6.07) is -0.541. The molecule has 6 rings (SSSR count). The number of aliphatic hydroxyl groups is 1. The first-order chi connectivity index (χ1) is 14.7. The van der Waals surface area contributed by atoms with Crippen LogP contribution >= 0.6 is 43.5 Å². The van der Waals surface area contributed by atoms with Gasteiger partial charge in [0.05, 0.1) is 14.5 Å². The maximum absolute atomic E-state index is 13.7. The standard InChI is InChI=1S/C17H20Br2ClN9O2/c18-6-5-7(24-11(6)19)12(30)29-2-4-3(1-21)9(20)16(13(31)26-15(23)27-16)8(4)17(29)10(5)25-14(22)28-17/h3-4,8-10,13,24,31H,1-2,21H2,(H3,22,25,28)(H3,23,26,27)/t3-,4+,8+,9-,10+,13-,16+,17-/m1/s1. The fraction of sp³-hybridized carbons (Fsp3) is 0.588. The molecule has 11 nitrogen and oxygen atoms in total. The number of nitrogens with zero attached hydrogens (tertiary/aromatic N) is 3. The number of aromatic nitrogens is 1. The van der Waals surface area contributed by atoms with Gasteiger partial charge >= 0.3 is 0 Å². The number of rotatable bonds is 1. The first-order valence-electron chi connectivity index (χ1n) is 9.82. The summed E-state index contributed by atoms with van der Waals surface area (Å²) in [4.78, 5) is 27.4. The Bertz CT molecular complexity index is 1090. The highest BCUT2D eigenvalue weighted by atomic mass is 79.9. The Morgan fingerprint density at radius 1 is 1.26 bits per heavy atom. The molecule has 1 aromatic heterocycles. The summed E-state index contributed by atoms with van der Waals surface area (Å²) in [7, 11) is 0. The molecule has 1 aromatic rings. The van der Waals surface area contributed by atoms with E-state index in [9.17, 15) is 9.90 Å². The minimum atomic E-state index is -1.21. The molecule has 2 fully saturated rings. The molecule has 10 N–H and O–H groups in total. The van der Waals surface area contributed by atoms with E-state index in [1.54, 1.807) is 4.90 Å². The normalized spacial score (nSPS) is 44.4. The maximum Gasteiger partial charge on any atom is 0.272 e. The van der Waals surface area contributed by atoms with E-state index in [4.69, 9.17) is 33.8 Å². The number of aliphatic imine (C=N–C) groups is 2. The average molecular weight is 578 g/mol. The summed E-state index contributed by atoms with van der Waals surface area (Å²) in [6.07, 6.45) is -1.21. The van der Waals surface area contributed by atoms with Crippen LogP contribution in [0.3, 0.4) is 0 Å². The van der Waals surface area contributed by atoms with Crippen LogP contribution in [-0.4, -0.2) is 68.7 Å². The van der Waals surface area contributed by atoms with Crippen LogP contribution in [0.1, 0.15) is 22.1 Å². The molecule has 166 valence electrons. The quantitative estimate of drug-likeness (QED) is 0.210. The number of alkyl halides is 1. The van der Waals surface area contributed by atoms with Gasteiger partial charge in [0.1, 0.15) is 22.9 Å². The molecule has 0 aromatic carbocycles. The molecular formula is C17H20Br2ClN9O2. The van der Waals surface area contributed by atoms with Crippen LogP contribution in [0, 0.1) is 17.8 Å². The van der Waals surface area contributed by atoms with Crippen molar-refractivity contribution in [1.29, 1.82) is 0 Å². The minimum absolute atomic E-state index is 0.0984. The number of carbonyl (C=O) groups excluding carboxylic acids is 1. The van der Waals surface area contributed by atoms with E-state index in [2.05, 4.69) is 52.5 Å². The van der Waals surface area contributed by atoms with Crippen molar-refractivity contribution in [2.24, 2.45) is 44.9 Å². The first kappa shape index (κ1) is 20.1. The predicted octanol–water partition coefficient (Wildman–Crippen LogP) is -0.932. The molecule has 0 radical (unpaired) electrons. The number of guanidine groups is 2. The van der Waals surface area contributed by atoms with Crippen LogP contribution in [0.5, 0.6) is 0 Å². The van der Waals surface area contributed by atoms with Gasteiger partial charge in [-0.05, 0) is 50.2 Å². The van der Waals surface area contributed by atoms with Crippen molar-refractivity contribution >= 4 is 61.3 Å². The smallest absolute Gasteiger partial charge is 0.272 e. The van der Waals surface area contributed by atoms with Crippen LogP contribution < -0.4 is 27.8 Å². The number of carbonyl (C=O) groups is 1. The third-order valence-electron chi connectivity index (χ3n) is 7.62. The molecule has 0 unspecified atom stereocenters. The van der Waals surface area contributed by atoms with E-state index in [0.29, 0.717) is 26.9 Å². The second kappa shape index (κ2) is 6.07. The largest absolute Gasteiger partial charge is 0.370 e. The Kier molecular flexibility index (Phi) is 3.93. The van der Waals surface area contributed by atoms with Crippen molar-refractivity contribution in [3.05, 3.63) is 20.3 Å². The van der Waals surface area contributed by atoms with Crippen LogP contribution in [0.4, 0.5) is 0 Å². The molecule has 1 aliphatic carbocycles. The lowest BCUT2D eigenvalue weighted by molar-refractivity contribution is -0.0124. The van der Waals surface area contributed by atoms with Crippen LogP contribution in [0.25, 0.3) is 0 Å². The number of nitrogens with two attached hydrogens (primary N) is 3. The minimum Gasteiger partial charge on any atom is -0.370 e. The SMILES string of the molecule is NC[C@@H]1[C@@H]2CN3C(=O)c4[nH]c(Br)c(Br)c4[C@@H]4N=C(N)N[C@@]43[C@@H]2[C@]2(NC(N)=N[C@@H]2O)[C@@H]1Cl. The highest BCUT2D eigenvalue weighted by molar-refractivity contribution is 9.13. The van der Waals surface area contributed by atoms with Crippen molar-refractivity contribution in [3.63, 3.8) is 0 Å². The topological polar surface area (TPSA) is 183 Å². The van der Waals surface area contributed by atoms with E-state index in [1.807, 2.05) is 0 Å². The van der Waals surface area contributed by atoms with E-state index < -0.39 is 34.8 Å². The third kappa shape index (κ3) is 2.06. The number of hydrogen-bond donors (Lipinski definition) is 7. The van der Waals surface area contributed by atoms with E-state index in [0.717, 1.165) is 0 Å². The van der Waals surface area contributed by atoms with Gasteiger partial charge in [-0.1, -0.05) is 0 Å². The second-order valence-electron chi connectivity index (χ2n) is 8.71. The molecule has 14 heteroatoms. The molecule has 0 bridgehead atoms. The fourth-order valence-corrected chi connectivity index (χ4v) is 8.19. The van der Waals surface area contributed by atoms with Gasteiger partial charge < -0.3 is 42.8 Å². The van der Waals surface area contributed by atoms with E-state index >= 15 is 0 Å². The predicted molar refractivity (Wildman–Crippen MR) is 120 cm³/mol. The van der Waals surface area contributed by atoms with Crippen molar-refractivity contribution in [2.75, 3.05) is 13.1 Å². The zero-order valence-corrected chi connectivity index (χ0v) is 19.9. The van der Waals surface area contributed by atoms with Crippen molar-refractivity contribution in [2.45, 2.75) is 28.8 Å². The van der Waals surface area contributed by atoms with Gasteiger partial charge in [-0.3, -0.25) is 4.79 Å². The number of fused-ring (bicyclic) bond motifs is 4. The molecule has 31 heavy (non-hydrogen) atoms. The monoisotopic (exact) mass is 575 g/mol. The summed E-state index contributed by atoms with van der Waals surface area (Å²) in [5.41, 5.74) is 17.3. The lowest BCUT2D eigenvalue weighted by Gasteiger charge is -2.51. The van der Waals surface area contributed by atoms with Crippen LogP contribution in [0.15, 0.2) is 19.1 Å². The summed E-state index contributed by atoms with van der Waals surface area (Å²) in [5, 5.41) is 17.0. The Labute approximate surface area is 198 Å². The van der Waals surface area contributed by atoms with Gasteiger partial charge in [0.25, 0.3) is 5.91 Å². The molecule has 4 aliphatic heterocycles. The van der Waals surface area contributed by atoms with Gasteiger partial charge in [0.2, 0.25) is 0 Å². The Balaban J connectivity index is 1.62. The molecule has 1 saturated carbocycles. The van der Waals surface area contributed by atoms with E-state index in [-0.39, 0.29) is 36.2 Å². The zero-order valence-electron chi connectivity index (χ0n) is 15.9. The lowest BCUT2D eigenvalue weighted by atomic mass is 9.70. The Morgan fingerprint density at radius 3 is 2.61 bits per heavy atom. The van der Waals surface area contributed by atoms with Gasteiger partial charge in [-0.15, -0.1) is 11.6 Å². The highest BCUT2D eigenvalue weighted by Crippen LogP contribution is 2.65. The zero-order chi connectivity index (χ0) is 22.0. The van der Waals surface area contributed by atoms with Crippen molar-refractivity contribution < 1.29 is 9.90 Å². The summed E-state index contributed by atoms with van der Waals surface area (Å²) in [5.74, 6) is -0.644. The number of hydrogen-bond acceptors (Lipinski definition) is 9. The number of aromatic amines is 1. The number of H-pyrrole nitrogens is 1. The molecule has 5 aliphatic rings. The number of aliphatic hydroxyl groups excluding tert-OH is 1. The lowest BCUT2D eigenvalue weighted by Crippen LogP contribution is -2.73. The molecular weight excluding hydrogens is 558 g/mol. The summed E-state index contributed by atoms with van der Waals surface area (Å²) < 4.78 is 1.34. The van der Waals surface area contributed by atoms with Crippen LogP contribution in [0.2, 0.25) is 0 Å². The molecule has 2 spiro atoms. The van der Waals surface area contributed by atoms with Gasteiger partial charge in [0.15, 0.2) is 18.1 Å². The number of amides is 1. The molecule has 1 amide bonds. The molecule has 1 saturated heterocycles. The maximum atomic E-state index is 13.7. The number of halogens is 3. The molecule has 5 heterocycles. The van der Waals surface area contributed by atoms with Crippen molar-refractivity contribution in [3.8, 4) is 0 Å². The molecule has 8 atom stereocenters. The van der Waals surface area contributed by atoms with Gasteiger partial charge in [-0.25, -0.2) is 9.98 Å². The summed E-state index contributed by atoms with van der Waals surface area (Å²) >= 11 is 14.0. The number of nitrogens with one attached hydrogen (secondary N) is 3.